The number of rotatable bonds is 4. The van der Waals surface area contributed by atoms with Crippen molar-refractivity contribution in [2.24, 2.45) is 4.99 Å². The van der Waals surface area contributed by atoms with Crippen molar-refractivity contribution in [3.63, 3.8) is 0 Å². The van der Waals surface area contributed by atoms with Crippen molar-refractivity contribution in [2.45, 2.75) is 58.5 Å². The summed E-state index contributed by atoms with van der Waals surface area (Å²) >= 11 is 0. The molecular weight excluding hydrogens is 435 g/mol. The van der Waals surface area contributed by atoms with Gasteiger partial charge in [-0.25, -0.2) is 0 Å². The van der Waals surface area contributed by atoms with E-state index >= 15 is 0 Å². The maximum absolute atomic E-state index is 11.7. The van der Waals surface area contributed by atoms with E-state index in [1.807, 2.05) is 32.6 Å². The summed E-state index contributed by atoms with van der Waals surface area (Å²) in [6.45, 7) is 9.92. The Morgan fingerprint density at radius 1 is 1.44 bits per heavy atom. The van der Waals surface area contributed by atoms with E-state index in [0.29, 0.717) is 37.2 Å². The Hall–Kier alpha value is -1.39. The van der Waals surface area contributed by atoms with Gasteiger partial charge in [-0.05, 0) is 6.42 Å². The van der Waals surface area contributed by atoms with E-state index in [2.05, 4.69) is 25.8 Å². The summed E-state index contributed by atoms with van der Waals surface area (Å²) in [6, 6.07) is 0.210. The van der Waals surface area contributed by atoms with Gasteiger partial charge >= 0.3 is 0 Å². The molecule has 2 heterocycles. The van der Waals surface area contributed by atoms with Gasteiger partial charge in [0.2, 0.25) is 11.8 Å². The van der Waals surface area contributed by atoms with E-state index in [4.69, 9.17) is 4.52 Å². The third kappa shape index (κ3) is 6.12. The van der Waals surface area contributed by atoms with E-state index in [0.717, 1.165) is 13.0 Å². The molecule has 2 rings (SSSR count). The largest absolute Gasteiger partial charge is 0.352 e. The first-order chi connectivity index (χ1) is 11.3. The normalized spacial score (nSPS) is 18.0. The lowest BCUT2D eigenvalue weighted by Gasteiger charge is -2.18. The lowest BCUT2D eigenvalue weighted by Crippen LogP contribution is -2.44. The SMILES string of the molecule is CCC(=O)N1CCC(NC(=NC)NCc2noc(C(C)(C)C)n2)C1.I. The van der Waals surface area contributed by atoms with Crippen LogP contribution in [0.5, 0.6) is 0 Å². The summed E-state index contributed by atoms with van der Waals surface area (Å²) in [5.74, 6) is 2.08. The molecule has 1 fully saturated rings. The molecule has 0 aromatic carbocycles. The first kappa shape index (κ1) is 21.7. The van der Waals surface area contributed by atoms with Crippen molar-refractivity contribution in [2.75, 3.05) is 20.1 Å². The summed E-state index contributed by atoms with van der Waals surface area (Å²) in [7, 11) is 1.72. The molecule has 142 valence electrons. The van der Waals surface area contributed by atoms with Gasteiger partial charge in [0.05, 0.1) is 6.54 Å². The molecule has 1 atom stereocenters. The lowest BCUT2D eigenvalue weighted by molar-refractivity contribution is -0.129. The van der Waals surface area contributed by atoms with Crippen LogP contribution in [0.3, 0.4) is 0 Å². The van der Waals surface area contributed by atoms with E-state index in [1.165, 1.54) is 0 Å². The van der Waals surface area contributed by atoms with Gasteiger partial charge in [0.1, 0.15) is 0 Å². The van der Waals surface area contributed by atoms with Crippen LogP contribution in [0, 0.1) is 0 Å². The third-order valence-corrected chi connectivity index (χ3v) is 3.93. The van der Waals surface area contributed by atoms with Crippen molar-refractivity contribution in [3.05, 3.63) is 11.7 Å². The minimum atomic E-state index is -0.162. The molecule has 1 aliphatic heterocycles. The van der Waals surface area contributed by atoms with E-state index < -0.39 is 0 Å². The maximum atomic E-state index is 11.7. The zero-order chi connectivity index (χ0) is 17.7. The van der Waals surface area contributed by atoms with Crippen LogP contribution in [0.1, 0.15) is 52.3 Å². The van der Waals surface area contributed by atoms with Gasteiger partial charge in [0, 0.05) is 38.0 Å². The number of nitrogens with one attached hydrogen (secondary N) is 2. The predicted octanol–water partition coefficient (Wildman–Crippen LogP) is 1.66. The zero-order valence-corrected chi connectivity index (χ0v) is 18.0. The number of hydrogen-bond donors (Lipinski definition) is 2. The van der Waals surface area contributed by atoms with Gasteiger partial charge in [-0.2, -0.15) is 4.98 Å². The van der Waals surface area contributed by atoms with Gasteiger partial charge in [-0.1, -0.05) is 32.9 Å². The van der Waals surface area contributed by atoms with Gasteiger partial charge < -0.3 is 20.1 Å². The Bertz CT molecular complexity index is 596. The smallest absolute Gasteiger partial charge is 0.232 e. The standard InChI is InChI=1S/C16H28N6O2.HI/c1-6-13(23)22-8-7-11(10-22)19-15(17-5)18-9-12-20-14(24-21-12)16(2,3)4;/h11H,6-10H2,1-5H3,(H2,17,18,19);1H. The molecule has 1 saturated heterocycles. The average molecular weight is 464 g/mol. The Labute approximate surface area is 166 Å². The number of likely N-dealkylation sites (tertiary alicyclic amines) is 1. The molecule has 1 amide bonds. The van der Waals surface area contributed by atoms with Crippen LogP contribution in [0.4, 0.5) is 0 Å². The number of amides is 1. The number of halogens is 1. The van der Waals surface area contributed by atoms with Crippen LogP contribution >= 0.6 is 24.0 Å². The lowest BCUT2D eigenvalue weighted by atomic mass is 9.97. The fourth-order valence-corrected chi connectivity index (χ4v) is 2.51. The number of guanidine groups is 1. The average Bonchev–Trinajstić information content (AvgIpc) is 3.19. The molecule has 0 radical (unpaired) electrons. The monoisotopic (exact) mass is 464 g/mol. The molecule has 8 nitrogen and oxygen atoms in total. The summed E-state index contributed by atoms with van der Waals surface area (Å²) in [6.07, 6.45) is 1.47. The van der Waals surface area contributed by atoms with Gasteiger partial charge in [-0.3, -0.25) is 9.79 Å². The molecule has 2 N–H and O–H groups in total. The number of nitrogens with zero attached hydrogens (tertiary/aromatic N) is 4. The predicted molar refractivity (Wildman–Crippen MR) is 107 cm³/mol. The fourth-order valence-electron chi connectivity index (χ4n) is 2.51. The molecule has 1 unspecified atom stereocenters. The molecule has 0 spiro atoms. The highest BCUT2D eigenvalue weighted by Gasteiger charge is 2.26. The quantitative estimate of drug-likeness (QED) is 0.400. The van der Waals surface area contributed by atoms with Gasteiger partial charge in [0.25, 0.3) is 0 Å². The highest BCUT2D eigenvalue weighted by Crippen LogP contribution is 2.19. The minimum absolute atomic E-state index is 0. The summed E-state index contributed by atoms with van der Waals surface area (Å²) in [5.41, 5.74) is -0.162. The molecule has 1 aromatic rings. The Morgan fingerprint density at radius 3 is 2.72 bits per heavy atom. The van der Waals surface area contributed by atoms with Gasteiger partial charge in [-0.15, -0.1) is 24.0 Å². The Kier molecular flexibility index (Phi) is 8.10. The highest BCUT2D eigenvalue weighted by molar-refractivity contribution is 14.0. The molecule has 0 aliphatic carbocycles. The number of carbonyl (C=O) groups is 1. The molecule has 1 aliphatic rings. The number of aromatic nitrogens is 2. The fraction of sp³-hybridized carbons (Fsp3) is 0.750. The Balaban J connectivity index is 0.00000312. The molecule has 1 aromatic heterocycles. The van der Waals surface area contributed by atoms with Crippen LogP contribution in [0.2, 0.25) is 0 Å². The number of hydrogen-bond acceptors (Lipinski definition) is 5. The van der Waals surface area contributed by atoms with Crippen LogP contribution in [0.15, 0.2) is 9.52 Å². The van der Waals surface area contributed by atoms with Crippen molar-refractivity contribution >= 4 is 35.8 Å². The highest BCUT2D eigenvalue weighted by atomic mass is 127. The van der Waals surface area contributed by atoms with Crippen LogP contribution in [0.25, 0.3) is 0 Å². The van der Waals surface area contributed by atoms with Crippen LogP contribution < -0.4 is 10.6 Å². The minimum Gasteiger partial charge on any atom is -0.352 e. The molecule has 25 heavy (non-hydrogen) atoms. The summed E-state index contributed by atoms with van der Waals surface area (Å²) in [4.78, 5) is 22.2. The summed E-state index contributed by atoms with van der Waals surface area (Å²) < 4.78 is 5.28. The van der Waals surface area contributed by atoms with Crippen molar-refractivity contribution in [1.82, 2.24) is 25.7 Å². The van der Waals surface area contributed by atoms with E-state index in [9.17, 15) is 4.79 Å². The summed E-state index contributed by atoms with van der Waals surface area (Å²) in [5, 5.41) is 10.5. The topological polar surface area (TPSA) is 95.7 Å². The molecular formula is C16H29IN6O2. The second-order valence-corrected chi connectivity index (χ2v) is 7.01. The zero-order valence-electron chi connectivity index (χ0n) is 15.6. The van der Waals surface area contributed by atoms with Crippen molar-refractivity contribution in [1.29, 1.82) is 0 Å². The number of aliphatic imine (C=N–C) groups is 1. The molecule has 0 saturated carbocycles. The second-order valence-electron chi connectivity index (χ2n) is 7.01. The van der Waals surface area contributed by atoms with Crippen LogP contribution in [-0.2, 0) is 16.8 Å². The van der Waals surface area contributed by atoms with E-state index in [-0.39, 0.29) is 41.3 Å². The number of carbonyl (C=O) groups excluding carboxylic acids is 1. The first-order valence-corrected chi connectivity index (χ1v) is 8.41. The van der Waals surface area contributed by atoms with Crippen LogP contribution in [-0.4, -0.2) is 53.1 Å². The maximum Gasteiger partial charge on any atom is 0.232 e. The molecule has 0 bridgehead atoms. The van der Waals surface area contributed by atoms with Gasteiger partial charge in [0.15, 0.2) is 11.8 Å². The molecule has 9 heteroatoms. The van der Waals surface area contributed by atoms with E-state index in [1.54, 1.807) is 7.05 Å². The van der Waals surface area contributed by atoms with Crippen molar-refractivity contribution < 1.29 is 9.32 Å². The third-order valence-electron chi connectivity index (χ3n) is 3.93. The van der Waals surface area contributed by atoms with Crippen molar-refractivity contribution in [3.8, 4) is 0 Å². The Morgan fingerprint density at radius 2 is 2.16 bits per heavy atom. The first-order valence-electron chi connectivity index (χ1n) is 8.41. The second kappa shape index (κ2) is 9.35.